The van der Waals surface area contributed by atoms with Crippen molar-refractivity contribution in [1.29, 1.82) is 0 Å². The van der Waals surface area contributed by atoms with Crippen LogP contribution in [0.2, 0.25) is 0 Å². The molecule has 76 valence electrons. The second-order valence-corrected chi connectivity index (χ2v) is 3.25. The SMILES string of the molecule is CSCCC(NC(=O)O)C(=O)NO. The van der Waals surface area contributed by atoms with Gasteiger partial charge in [0.05, 0.1) is 0 Å². The molecule has 1 unspecified atom stereocenters. The highest BCUT2D eigenvalue weighted by molar-refractivity contribution is 7.98. The lowest BCUT2D eigenvalue weighted by molar-refractivity contribution is -0.131. The Kier molecular flexibility index (Phi) is 6.07. The summed E-state index contributed by atoms with van der Waals surface area (Å²) in [5.41, 5.74) is 1.41. The number of nitrogens with one attached hydrogen (secondary N) is 2. The molecular formula is C6H12N2O4S. The van der Waals surface area contributed by atoms with Gasteiger partial charge in [0.1, 0.15) is 6.04 Å². The molecule has 0 saturated carbocycles. The third-order valence-corrected chi connectivity index (χ3v) is 1.98. The monoisotopic (exact) mass is 208 g/mol. The molecule has 13 heavy (non-hydrogen) atoms. The highest BCUT2D eigenvalue weighted by atomic mass is 32.2. The molecule has 7 heteroatoms. The van der Waals surface area contributed by atoms with Gasteiger partial charge in [-0.2, -0.15) is 11.8 Å². The van der Waals surface area contributed by atoms with Crippen LogP contribution in [0.1, 0.15) is 6.42 Å². The molecule has 2 amide bonds. The van der Waals surface area contributed by atoms with E-state index >= 15 is 0 Å². The number of hydroxylamine groups is 1. The van der Waals surface area contributed by atoms with Gasteiger partial charge in [-0.1, -0.05) is 0 Å². The van der Waals surface area contributed by atoms with Crippen LogP contribution in [-0.4, -0.2) is 40.4 Å². The van der Waals surface area contributed by atoms with E-state index in [4.69, 9.17) is 10.3 Å². The van der Waals surface area contributed by atoms with Crippen molar-refractivity contribution < 1.29 is 19.9 Å². The summed E-state index contributed by atoms with van der Waals surface area (Å²) in [6, 6.07) is -0.894. The summed E-state index contributed by atoms with van der Waals surface area (Å²) in [7, 11) is 0. The van der Waals surface area contributed by atoms with Crippen LogP contribution in [0.4, 0.5) is 4.79 Å². The Morgan fingerprint density at radius 1 is 1.54 bits per heavy atom. The average Bonchev–Trinajstić information content (AvgIpc) is 2.10. The molecule has 0 fully saturated rings. The highest BCUT2D eigenvalue weighted by Gasteiger charge is 2.18. The van der Waals surface area contributed by atoms with Crippen LogP contribution in [0.5, 0.6) is 0 Å². The number of carbonyl (C=O) groups is 2. The van der Waals surface area contributed by atoms with Gasteiger partial charge >= 0.3 is 6.09 Å². The molecular weight excluding hydrogens is 196 g/mol. The quantitative estimate of drug-likeness (QED) is 0.373. The summed E-state index contributed by atoms with van der Waals surface area (Å²) in [5.74, 6) is -0.102. The van der Waals surface area contributed by atoms with Crippen LogP contribution in [0.3, 0.4) is 0 Å². The predicted molar refractivity (Wildman–Crippen MR) is 47.9 cm³/mol. The second kappa shape index (κ2) is 6.55. The van der Waals surface area contributed by atoms with E-state index in [0.717, 1.165) is 0 Å². The van der Waals surface area contributed by atoms with Gasteiger partial charge in [0, 0.05) is 0 Å². The lowest BCUT2D eigenvalue weighted by Gasteiger charge is -2.13. The van der Waals surface area contributed by atoms with E-state index < -0.39 is 18.0 Å². The molecule has 0 aromatic heterocycles. The zero-order valence-electron chi connectivity index (χ0n) is 7.11. The van der Waals surface area contributed by atoms with E-state index in [2.05, 4.69) is 0 Å². The molecule has 1 atom stereocenters. The third kappa shape index (κ3) is 5.31. The van der Waals surface area contributed by atoms with E-state index in [1.807, 2.05) is 11.6 Å². The lowest BCUT2D eigenvalue weighted by Crippen LogP contribution is -2.45. The van der Waals surface area contributed by atoms with Gasteiger partial charge in [0.2, 0.25) is 0 Å². The molecule has 0 aromatic rings. The van der Waals surface area contributed by atoms with Crippen molar-refractivity contribution in [1.82, 2.24) is 10.8 Å². The summed E-state index contributed by atoms with van der Waals surface area (Å²) < 4.78 is 0. The Labute approximate surface area is 79.7 Å². The minimum absolute atomic E-state index is 0.347. The standard InChI is InChI=1S/C6H12N2O4S/c1-13-3-2-4(5(9)8-12)7-6(10)11/h4,7,12H,2-3H2,1H3,(H,8,9)(H,10,11). The fourth-order valence-corrected chi connectivity index (χ4v) is 1.20. The largest absolute Gasteiger partial charge is 0.465 e. The molecule has 0 aliphatic rings. The van der Waals surface area contributed by atoms with Crippen LogP contribution in [0, 0.1) is 0 Å². The highest BCUT2D eigenvalue weighted by Crippen LogP contribution is 2.00. The van der Waals surface area contributed by atoms with Crippen LogP contribution < -0.4 is 10.8 Å². The van der Waals surface area contributed by atoms with Gasteiger partial charge in [-0.15, -0.1) is 0 Å². The Balaban J connectivity index is 4.02. The van der Waals surface area contributed by atoms with Crippen molar-refractivity contribution in [2.24, 2.45) is 0 Å². The summed E-state index contributed by atoms with van der Waals surface area (Å²) in [5, 5.41) is 18.6. The molecule has 0 aliphatic heterocycles. The van der Waals surface area contributed by atoms with Gasteiger partial charge < -0.3 is 10.4 Å². The molecule has 0 rings (SSSR count). The first-order valence-corrected chi connectivity index (χ1v) is 4.93. The first kappa shape index (κ1) is 12.0. The minimum atomic E-state index is -1.28. The fourth-order valence-electron chi connectivity index (χ4n) is 0.731. The Morgan fingerprint density at radius 2 is 2.15 bits per heavy atom. The number of hydrogen-bond acceptors (Lipinski definition) is 4. The Morgan fingerprint density at radius 3 is 2.54 bits per heavy atom. The maximum absolute atomic E-state index is 10.9. The molecule has 4 N–H and O–H groups in total. The van der Waals surface area contributed by atoms with E-state index in [9.17, 15) is 9.59 Å². The van der Waals surface area contributed by atoms with Gasteiger partial charge in [0.25, 0.3) is 5.91 Å². The minimum Gasteiger partial charge on any atom is -0.465 e. The molecule has 0 bridgehead atoms. The predicted octanol–water partition coefficient (Wildman–Crippen LogP) is -0.119. The lowest BCUT2D eigenvalue weighted by atomic mass is 10.2. The van der Waals surface area contributed by atoms with E-state index in [1.165, 1.54) is 17.2 Å². The Bertz CT molecular complexity index is 187. The molecule has 0 radical (unpaired) electrons. The van der Waals surface area contributed by atoms with Gasteiger partial charge in [-0.3, -0.25) is 10.0 Å². The van der Waals surface area contributed by atoms with Gasteiger partial charge in [0.15, 0.2) is 0 Å². The van der Waals surface area contributed by atoms with E-state index in [1.54, 1.807) is 0 Å². The van der Waals surface area contributed by atoms with Crippen LogP contribution in [0.15, 0.2) is 0 Å². The summed E-state index contributed by atoms with van der Waals surface area (Å²) in [4.78, 5) is 21.1. The average molecular weight is 208 g/mol. The van der Waals surface area contributed by atoms with Crippen molar-refractivity contribution in [3.63, 3.8) is 0 Å². The molecule has 0 aromatic carbocycles. The molecule has 0 saturated heterocycles. The maximum atomic E-state index is 10.9. The number of thioether (sulfide) groups is 1. The molecule has 0 heterocycles. The molecule has 6 nitrogen and oxygen atoms in total. The first-order valence-electron chi connectivity index (χ1n) is 3.54. The van der Waals surface area contributed by atoms with Crippen molar-refractivity contribution in [3.8, 4) is 0 Å². The van der Waals surface area contributed by atoms with Crippen molar-refractivity contribution in [2.45, 2.75) is 12.5 Å². The van der Waals surface area contributed by atoms with Gasteiger partial charge in [-0.25, -0.2) is 10.3 Å². The van der Waals surface area contributed by atoms with Crippen LogP contribution >= 0.6 is 11.8 Å². The zero-order chi connectivity index (χ0) is 10.3. The third-order valence-electron chi connectivity index (χ3n) is 1.34. The van der Waals surface area contributed by atoms with Gasteiger partial charge in [-0.05, 0) is 18.4 Å². The summed E-state index contributed by atoms with van der Waals surface area (Å²) in [6.07, 6.45) is 0.906. The smallest absolute Gasteiger partial charge is 0.405 e. The van der Waals surface area contributed by atoms with Crippen molar-refractivity contribution in [3.05, 3.63) is 0 Å². The fraction of sp³-hybridized carbons (Fsp3) is 0.667. The number of hydrogen-bond donors (Lipinski definition) is 4. The van der Waals surface area contributed by atoms with Crippen molar-refractivity contribution >= 4 is 23.8 Å². The number of rotatable bonds is 5. The maximum Gasteiger partial charge on any atom is 0.405 e. The zero-order valence-corrected chi connectivity index (χ0v) is 7.93. The van der Waals surface area contributed by atoms with Crippen LogP contribution in [0.25, 0.3) is 0 Å². The summed E-state index contributed by atoms with van der Waals surface area (Å²) in [6.45, 7) is 0. The molecule has 0 aliphatic carbocycles. The summed E-state index contributed by atoms with van der Waals surface area (Å²) >= 11 is 1.49. The van der Waals surface area contributed by atoms with E-state index in [-0.39, 0.29) is 0 Å². The number of carbonyl (C=O) groups excluding carboxylic acids is 1. The van der Waals surface area contributed by atoms with Crippen LogP contribution in [-0.2, 0) is 4.79 Å². The number of carboxylic acid groups (broad SMARTS) is 1. The Hall–Kier alpha value is -0.950. The van der Waals surface area contributed by atoms with E-state index in [0.29, 0.717) is 12.2 Å². The van der Waals surface area contributed by atoms with Crippen molar-refractivity contribution in [2.75, 3.05) is 12.0 Å². The number of amides is 2. The molecule has 0 spiro atoms. The first-order chi connectivity index (χ1) is 6.11. The topological polar surface area (TPSA) is 98.7 Å². The normalized spacial score (nSPS) is 11.8. The second-order valence-electron chi connectivity index (χ2n) is 2.26.